The third-order valence-electron chi connectivity index (χ3n) is 2.60. The molecule has 0 radical (unpaired) electrons. The summed E-state index contributed by atoms with van der Waals surface area (Å²) in [5.41, 5.74) is 1.31. The first kappa shape index (κ1) is 10.5. The summed E-state index contributed by atoms with van der Waals surface area (Å²) in [7, 11) is 0. The average Bonchev–Trinajstić information content (AvgIpc) is 2.93. The molecule has 0 fully saturated rings. The van der Waals surface area contributed by atoms with E-state index in [1.54, 1.807) is 12.3 Å². The van der Waals surface area contributed by atoms with Gasteiger partial charge < -0.3 is 14.5 Å². The molecule has 0 atom stereocenters. The number of carbonyl (C=O) groups is 1. The predicted molar refractivity (Wildman–Crippen MR) is 60.7 cm³/mol. The zero-order valence-corrected chi connectivity index (χ0v) is 8.98. The second kappa shape index (κ2) is 3.69. The molecule has 0 amide bonds. The molecule has 6 heteroatoms. The molecular weight excluding hydrogens is 239 g/mol. The molecule has 0 aliphatic rings. The van der Waals surface area contributed by atoms with Crippen LogP contribution >= 0.6 is 0 Å². The van der Waals surface area contributed by atoms with Gasteiger partial charge in [-0.05, 0) is 18.2 Å². The number of aromatic carboxylic acids is 1. The number of oxazole rings is 1. The summed E-state index contributed by atoms with van der Waals surface area (Å²) in [6.45, 7) is 0. The number of rotatable bonds is 2. The highest BCUT2D eigenvalue weighted by atomic mass is 19.1. The molecule has 2 heterocycles. The van der Waals surface area contributed by atoms with Crippen LogP contribution < -0.4 is 0 Å². The Morgan fingerprint density at radius 3 is 3.00 bits per heavy atom. The van der Waals surface area contributed by atoms with Crippen molar-refractivity contribution in [2.45, 2.75) is 0 Å². The first-order chi connectivity index (χ1) is 8.65. The third kappa shape index (κ3) is 1.55. The van der Waals surface area contributed by atoms with Gasteiger partial charge in [0.1, 0.15) is 5.82 Å². The summed E-state index contributed by atoms with van der Waals surface area (Å²) in [5, 5.41) is 9.34. The van der Waals surface area contributed by atoms with Crippen molar-refractivity contribution in [1.82, 2.24) is 9.97 Å². The maximum atomic E-state index is 13.2. The van der Waals surface area contributed by atoms with Gasteiger partial charge in [0.2, 0.25) is 0 Å². The van der Waals surface area contributed by atoms with Gasteiger partial charge in [-0.3, -0.25) is 0 Å². The molecule has 0 aliphatic carbocycles. The number of hydrogen-bond acceptors (Lipinski definition) is 3. The fourth-order valence-corrected chi connectivity index (χ4v) is 1.79. The SMILES string of the molecule is O=C(O)c1ncc(-c2c[nH]c3ccc(F)cc23)o1. The number of aromatic nitrogens is 2. The van der Waals surface area contributed by atoms with Crippen LogP contribution in [0.15, 0.2) is 35.0 Å². The number of benzene rings is 1. The molecule has 0 aliphatic heterocycles. The van der Waals surface area contributed by atoms with Crippen LogP contribution in [-0.2, 0) is 0 Å². The van der Waals surface area contributed by atoms with Crippen LogP contribution in [0.4, 0.5) is 4.39 Å². The van der Waals surface area contributed by atoms with E-state index in [0.29, 0.717) is 10.9 Å². The molecule has 2 N–H and O–H groups in total. The second-order valence-electron chi connectivity index (χ2n) is 3.73. The van der Waals surface area contributed by atoms with Crippen molar-refractivity contribution in [2.75, 3.05) is 0 Å². The van der Waals surface area contributed by atoms with E-state index in [1.165, 1.54) is 18.3 Å². The standard InChI is InChI=1S/C12H7FN2O3/c13-6-1-2-9-7(3-6)8(4-14-9)10-5-15-11(18-10)12(16)17/h1-5,14H,(H,16,17). The Labute approximate surface area is 99.9 Å². The van der Waals surface area contributed by atoms with E-state index in [2.05, 4.69) is 9.97 Å². The maximum absolute atomic E-state index is 13.2. The minimum absolute atomic E-state index is 0.282. The Kier molecular flexibility index (Phi) is 2.16. The molecule has 0 spiro atoms. The molecule has 18 heavy (non-hydrogen) atoms. The smallest absolute Gasteiger partial charge is 0.392 e. The summed E-state index contributed by atoms with van der Waals surface area (Å²) >= 11 is 0. The summed E-state index contributed by atoms with van der Waals surface area (Å²) < 4.78 is 18.3. The van der Waals surface area contributed by atoms with E-state index < -0.39 is 11.9 Å². The van der Waals surface area contributed by atoms with Crippen molar-refractivity contribution >= 4 is 16.9 Å². The monoisotopic (exact) mass is 246 g/mol. The molecule has 0 bridgehead atoms. The predicted octanol–water partition coefficient (Wildman–Crippen LogP) is 2.66. The van der Waals surface area contributed by atoms with Crippen molar-refractivity contribution in [2.24, 2.45) is 0 Å². The van der Waals surface area contributed by atoms with Crippen LogP contribution in [-0.4, -0.2) is 21.0 Å². The number of H-pyrrole nitrogens is 1. The second-order valence-corrected chi connectivity index (χ2v) is 3.73. The van der Waals surface area contributed by atoms with Crippen molar-refractivity contribution in [3.63, 3.8) is 0 Å². The number of nitrogens with zero attached hydrogens (tertiary/aromatic N) is 1. The van der Waals surface area contributed by atoms with Gasteiger partial charge in [0.05, 0.1) is 6.20 Å². The Hall–Kier alpha value is -2.63. The normalized spacial score (nSPS) is 10.9. The minimum atomic E-state index is -1.24. The zero-order valence-electron chi connectivity index (χ0n) is 8.98. The highest BCUT2D eigenvalue weighted by molar-refractivity contribution is 5.94. The molecule has 0 saturated heterocycles. The molecular formula is C12H7FN2O3. The fourth-order valence-electron chi connectivity index (χ4n) is 1.79. The molecule has 3 aromatic rings. The molecule has 5 nitrogen and oxygen atoms in total. The molecule has 3 rings (SSSR count). The summed E-state index contributed by atoms with van der Waals surface area (Å²) in [4.78, 5) is 17.3. The Bertz CT molecular complexity index is 745. The van der Waals surface area contributed by atoms with Crippen LogP contribution in [0.1, 0.15) is 10.7 Å². The first-order valence-corrected chi connectivity index (χ1v) is 5.11. The number of fused-ring (bicyclic) bond motifs is 1. The third-order valence-corrected chi connectivity index (χ3v) is 2.60. The zero-order chi connectivity index (χ0) is 12.7. The highest BCUT2D eigenvalue weighted by Crippen LogP contribution is 2.29. The van der Waals surface area contributed by atoms with Gasteiger partial charge in [-0.25, -0.2) is 14.2 Å². The van der Waals surface area contributed by atoms with E-state index in [4.69, 9.17) is 9.52 Å². The van der Waals surface area contributed by atoms with E-state index in [-0.39, 0.29) is 11.6 Å². The lowest BCUT2D eigenvalue weighted by atomic mass is 10.1. The van der Waals surface area contributed by atoms with Crippen LogP contribution in [0, 0.1) is 5.82 Å². The molecule has 0 unspecified atom stereocenters. The average molecular weight is 246 g/mol. The van der Waals surface area contributed by atoms with E-state index in [1.807, 2.05) is 0 Å². The van der Waals surface area contributed by atoms with Crippen LogP contribution in [0.2, 0.25) is 0 Å². The van der Waals surface area contributed by atoms with Gasteiger partial charge in [0, 0.05) is 22.7 Å². The number of halogens is 1. The van der Waals surface area contributed by atoms with Gasteiger partial charge in [0.25, 0.3) is 0 Å². The number of hydrogen-bond donors (Lipinski definition) is 2. The molecule has 2 aromatic heterocycles. The van der Waals surface area contributed by atoms with Gasteiger partial charge in [0.15, 0.2) is 5.76 Å². The van der Waals surface area contributed by atoms with Gasteiger partial charge >= 0.3 is 11.9 Å². The Morgan fingerprint density at radius 2 is 2.28 bits per heavy atom. The number of carboxylic acid groups (broad SMARTS) is 1. The lowest BCUT2D eigenvalue weighted by molar-refractivity contribution is 0.0654. The molecule has 90 valence electrons. The first-order valence-electron chi connectivity index (χ1n) is 5.11. The topological polar surface area (TPSA) is 79.1 Å². The molecule has 0 saturated carbocycles. The van der Waals surface area contributed by atoms with E-state index in [0.717, 1.165) is 5.52 Å². The van der Waals surface area contributed by atoms with Crippen LogP contribution in [0.3, 0.4) is 0 Å². The number of aromatic amines is 1. The fraction of sp³-hybridized carbons (Fsp3) is 0. The maximum Gasteiger partial charge on any atom is 0.392 e. The van der Waals surface area contributed by atoms with E-state index >= 15 is 0 Å². The minimum Gasteiger partial charge on any atom is -0.474 e. The van der Waals surface area contributed by atoms with Gasteiger partial charge in [-0.1, -0.05) is 0 Å². The summed E-state index contributed by atoms with van der Waals surface area (Å²) in [6.07, 6.45) is 2.92. The Balaban J connectivity index is 2.18. The lowest BCUT2D eigenvalue weighted by Crippen LogP contribution is -1.94. The van der Waals surface area contributed by atoms with Crippen LogP contribution in [0.25, 0.3) is 22.2 Å². The lowest BCUT2D eigenvalue weighted by Gasteiger charge is -1.94. The Morgan fingerprint density at radius 1 is 1.44 bits per heavy atom. The quantitative estimate of drug-likeness (QED) is 0.728. The van der Waals surface area contributed by atoms with E-state index in [9.17, 15) is 9.18 Å². The molecule has 1 aromatic carbocycles. The summed E-state index contributed by atoms with van der Waals surface area (Å²) in [6, 6.07) is 4.29. The van der Waals surface area contributed by atoms with Crippen molar-refractivity contribution < 1.29 is 18.7 Å². The summed E-state index contributed by atoms with van der Waals surface area (Å²) in [5.74, 6) is -1.73. The number of carboxylic acids is 1. The van der Waals surface area contributed by atoms with Crippen molar-refractivity contribution in [3.8, 4) is 11.3 Å². The largest absolute Gasteiger partial charge is 0.474 e. The van der Waals surface area contributed by atoms with Gasteiger partial charge in [-0.2, -0.15) is 0 Å². The van der Waals surface area contributed by atoms with Crippen molar-refractivity contribution in [1.29, 1.82) is 0 Å². The van der Waals surface area contributed by atoms with Gasteiger partial charge in [-0.15, -0.1) is 0 Å². The number of nitrogens with one attached hydrogen (secondary N) is 1. The van der Waals surface area contributed by atoms with Crippen molar-refractivity contribution in [3.05, 3.63) is 42.3 Å². The van der Waals surface area contributed by atoms with Crippen LogP contribution in [0.5, 0.6) is 0 Å². The highest BCUT2D eigenvalue weighted by Gasteiger charge is 2.15.